The van der Waals surface area contributed by atoms with Crippen LogP contribution in [0.25, 0.3) is 0 Å². The number of hydrogen-bond acceptors (Lipinski definition) is 7. The molecule has 7 nitrogen and oxygen atoms in total. The Morgan fingerprint density at radius 2 is 2.12 bits per heavy atom. The number of carbonyl (C=O) groups is 2. The second-order valence-electron chi connectivity index (χ2n) is 4.70. The van der Waals surface area contributed by atoms with E-state index in [1.807, 2.05) is 24.3 Å². The zero-order valence-electron chi connectivity index (χ0n) is 13.4. The van der Waals surface area contributed by atoms with Crippen LogP contribution in [0.5, 0.6) is 5.75 Å². The predicted molar refractivity (Wildman–Crippen MR) is 98.1 cm³/mol. The molecule has 0 aromatic heterocycles. The standard InChI is InChI=1S/C16H16ClN3O4S/c1-23-14(21)9-13-15(22)19-16(25-13)20-18-10-11-3-5-12(6-4-11)24-8-2-7-17/h3-6,9-10H,2,7-8H2,1H3,(H,19,20,22)/b13-9+,18-10?. The second-order valence-corrected chi connectivity index (χ2v) is 6.11. The Kier molecular flexibility index (Phi) is 7.49. The quantitative estimate of drug-likeness (QED) is 0.195. The summed E-state index contributed by atoms with van der Waals surface area (Å²) in [5.74, 6) is 0.305. The van der Waals surface area contributed by atoms with Gasteiger partial charge in [0.2, 0.25) is 0 Å². The molecule has 0 bridgehead atoms. The number of esters is 1. The maximum absolute atomic E-state index is 11.7. The number of benzene rings is 1. The Balaban J connectivity index is 1.92. The van der Waals surface area contributed by atoms with Crippen molar-refractivity contribution in [1.29, 1.82) is 0 Å². The van der Waals surface area contributed by atoms with E-state index in [4.69, 9.17) is 16.3 Å². The topological polar surface area (TPSA) is 89.3 Å². The zero-order valence-corrected chi connectivity index (χ0v) is 15.0. The third kappa shape index (κ3) is 6.24. The lowest BCUT2D eigenvalue weighted by atomic mass is 10.2. The summed E-state index contributed by atoms with van der Waals surface area (Å²) < 4.78 is 9.98. The lowest BCUT2D eigenvalue weighted by Gasteiger charge is -2.04. The third-order valence-corrected chi connectivity index (χ3v) is 4.05. The molecule has 9 heteroatoms. The van der Waals surface area contributed by atoms with Gasteiger partial charge in [0.05, 0.1) is 24.8 Å². The van der Waals surface area contributed by atoms with Crippen molar-refractivity contribution in [1.82, 2.24) is 5.32 Å². The maximum Gasteiger partial charge on any atom is 0.331 e. The molecule has 0 radical (unpaired) electrons. The molecule has 1 amide bonds. The third-order valence-electron chi connectivity index (χ3n) is 2.88. The van der Waals surface area contributed by atoms with Crippen molar-refractivity contribution in [2.24, 2.45) is 10.2 Å². The first-order valence-corrected chi connectivity index (χ1v) is 8.66. The largest absolute Gasteiger partial charge is 0.494 e. The summed E-state index contributed by atoms with van der Waals surface area (Å²) in [6, 6.07) is 7.32. The van der Waals surface area contributed by atoms with Crippen LogP contribution in [0.4, 0.5) is 0 Å². The number of ether oxygens (including phenoxy) is 2. The Morgan fingerprint density at radius 3 is 2.80 bits per heavy atom. The van der Waals surface area contributed by atoms with Crippen LogP contribution >= 0.6 is 23.4 Å². The monoisotopic (exact) mass is 381 g/mol. The number of thioether (sulfide) groups is 1. The minimum atomic E-state index is -0.601. The number of amidine groups is 1. The summed E-state index contributed by atoms with van der Waals surface area (Å²) in [4.78, 5) is 23.0. The molecule has 1 N–H and O–H groups in total. The molecule has 25 heavy (non-hydrogen) atoms. The Hall–Kier alpha value is -2.32. The van der Waals surface area contributed by atoms with E-state index in [0.29, 0.717) is 12.5 Å². The van der Waals surface area contributed by atoms with E-state index in [-0.39, 0.29) is 10.1 Å². The molecule has 0 saturated carbocycles. The van der Waals surface area contributed by atoms with Gasteiger partial charge in [0.25, 0.3) is 5.91 Å². The fourth-order valence-corrected chi connectivity index (χ4v) is 2.53. The number of halogens is 1. The summed E-state index contributed by atoms with van der Waals surface area (Å²) in [5, 5.41) is 10.6. The number of carbonyl (C=O) groups excluding carboxylic acids is 2. The van der Waals surface area contributed by atoms with Gasteiger partial charge in [-0.25, -0.2) is 4.79 Å². The molecule has 1 aromatic carbocycles. The lowest BCUT2D eigenvalue weighted by molar-refractivity contribution is -0.135. The number of alkyl halides is 1. The molecule has 1 saturated heterocycles. The highest BCUT2D eigenvalue weighted by Crippen LogP contribution is 2.23. The molecule has 1 heterocycles. The molecular weight excluding hydrogens is 366 g/mol. The molecular formula is C16H16ClN3O4S. The number of rotatable bonds is 7. The van der Waals surface area contributed by atoms with Gasteiger partial charge >= 0.3 is 5.97 Å². The molecule has 2 rings (SSSR count). The van der Waals surface area contributed by atoms with Gasteiger partial charge in [-0.3, -0.25) is 10.1 Å². The van der Waals surface area contributed by atoms with Gasteiger partial charge in [0.1, 0.15) is 5.75 Å². The van der Waals surface area contributed by atoms with Crippen molar-refractivity contribution < 1.29 is 19.1 Å². The number of nitrogens with zero attached hydrogens (tertiary/aromatic N) is 2. The summed E-state index contributed by atoms with van der Waals surface area (Å²) in [7, 11) is 1.24. The van der Waals surface area contributed by atoms with Gasteiger partial charge in [-0.2, -0.15) is 5.10 Å². The molecule has 1 aliphatic rings. The summed E-state index contributed by atoms with van der Waals surface area (Å²) in [6.07, 6.45) is 3.44. The molecule has 0 aliphatic carbocycles. The Labute approximate surface area is 154 Å². The smallest absolute Gasteiger partial charge is 0.331 e. The number of nitrogens with one attached hydrogen (secondary N) is 1. The van der Waals surface area contributed by atoms with Crippen LogP contribution in [0.3, 0.4) is 0 Å². The van der Waals surface area contributed by atoms with E-state index in [1.165, 1.54) is 7.11 Å². The van der Waals surface area contributed by atoms with Gasteiger partial charge in [0.15, 0.2) is 5.17 Å². The van der Waals surface area contributed by atoms with E-state index in [1.54, 1.807) is 6.21 Å². The molecule has 0 spiro atoms. The van der Waals surface area contributed by atoms with Crippen molar-refractivity contribution in [3.05, 3.63) is 40.8 Å². The van der Waals surface area contributed by atoms with Crippen molar-refractivity contribution in [2.45, 2.75) is 6.42 Å². The molecule has 1 aromatic rings. The summed E-state index contributed by atoms with van der Waals surface area (Å²) in [5.41, 5.74) is 0.827. The summed E-state index contributed by atoms with van der Waals surface area (Å²) in [6.45, 7) is 0.572. The lowest BCUT2D eigenvalue weighted by Crippen LogP contribution is -2.19. The molecule has 132 valence electrons. The van der Waals surface area contributed by atoms with E-state index in [0.717, 1.165) is 35.6 Å². The minimum absolute atomic E-state index is 0.208. The first-order valence-electron chi connectivity index (χ1n) is 7.31. The first-order chi connectivity index (χ1) is 12.1. The van der Waals surface area contributed by atoms with Crippen LogP contribution in [0.1, 0.15) is 12.0 Å². The average molecular weight is 382 g/mol. The van der Waals surface area contributed by atoms with Gasteiger partial charge < -0.3 is 9.47 Å². The number of amides is 1. The first kappa shape index (κ1) is 19.0. The van der Waals surface area contributed by atoms with Gasteiger partial charge in [-0.1, -0.05) is 0 Å². The van der Waals surface area contributed by atoms with E-state index < -0.39 is 11.9 Å². The highest BCUT2D eigenvalue weighted by atomic mass is 35.5. The normalized spacial score (nSPS) is 17.3. The van der Waals surface area contributed by atoms with Gasteiger partial charge in [-0.05, 0) is 48.0 Å². The van der Waals surface area contributed by atoms with Gasteiger partial charge in [0, 0.05) is 12.0 Å². The van der Waals surface area contributed by atoms with Crippen LogP contribution in [-0.4, -0.2) is 42.9 Å². The number of hydrogen-bond donors (Lipinski definition) is 1. The molecule has 0 atom stereocenters. The SMILES string of the molecule is COC(=O)/C=C1/S/C(=N\N=Cc2ccc(OCCCCl)cc2)NC1=O. The fraction of sp³-hybridized carbons (Fsp3) is 0.250. The predicted octanol–water partition coefficient (Wildman–Crippen LogP) is 2.30. The molecule has 1 fully saturated rings. The van der Waals surface area contributed by atoms with Crippen LogP contribution < -0.4 is 10.1 Å². The van der Waals surface area contributed by atoms with E-state index >= 15 is 0 Å². The van der Waals surface area contributed by atoms with Crippen LogP contribution in [0, 0.1) is 0 Å². The molecule has 0 unspecified atom stereocenters. The van der Waals surface area contributed by atoms with Crippen LogP contribution in [-0.2, 0) is 14.3 Å². The van der Waals surface area contributed by atoms with E-state index in [9.17, 15) is 9.59 Å². The van der Waals surface area contributed by atoms with Crippen LogP contribution in [0.2, 0.25) is 0 Å². The zero-order chi connectivity index (χ0) is 18.1. The minimum Gasteiger partial charge on any atom is -0.494 e. The maximum atomic E-state index is 11.7. The average Bonchev–Trinajstić information content (AvgIpc) is 2.96. The van der Waals surface area contributed by atoms with Crippen LogP contribution in [0.15, 0.2) is 45.4 Å². The van der Waals surface area contributed by atoms with Crippen molar-refractivity contribution >= 4 is 46.6 Å². The molecule has 1 aliphatic heterocycles. The van der Waals surface area contributed by atoms with Crippen molar-refractivity contribution in [3.8, 4) is 5.75 Å². The van der Waals surface area contributed by atoms with E-state index in [2.05, 4.69) is 20.3 Å². The second kappa shape index (κ2) is 9.85. The highest BCUT2D eigenvalue weighted by Gasteiger charge is 2.24. The Bertz CT molecular complexity index is 717. The van der Waals surface area contributed by atoms with Gasteiger partial charge in [-0.15, -0.1) is 16.7 Å². The van der Waals surface area contributed by atoms with Crippen molar-refractivity contribution in [2.75, 3.05) is 19.6 Å². The fourth-order valence-electron chi connectivity index (χ4n) is 1.68. The summed E-state index contributed by atoms with van der Waals surface area (Å²) >= 11 is 6.61. The highest BCUT2D eigenvalue weighted by molar-refractivity contribution is 8.18. The number of methoxy groups -OCH3 is 1. The Morgan fingerprint density at radius 1 is 1.36 bits per heavy atom. The van der Waals surface area contributed by atoms with Crippen molar-refractivity contribution in [3.63, 3.8) is 0 Å².